The summed E-state index contributed by atoms with van der Waals surface area (Å²) in [7, 11) is 1.38. The highest BCUT2D eigenvalue weighted by atomic mass is 32.1. The number of furan rings is 1. The van der Waals surface area contributed by atoms with Crippen molar-refractivity contribution >= 4 is 28.2 Å². The van der Waals surface area contributed by atoms with Crippen LogP contribution >= 0.6 is 11.3 Å². The fraction of sp³-hybridized carbons (Fsp3) is 0.500. The number of hydrogen-bond donors (Lipinski definition) is 1. The minimum Gasteiger partial charge on any atom is -0.468 e. The zero-order valence-corrected chi connectivity index (χ0v) is 16.8. The van der Waals surface area contributed by atoms with E-state index >= 15 is 0 Å². The molecule has 4 rings (SSSR count). The number of nitrogens with one attached hydrogen (secondary N) is 1. The summed E-state index contributed by atoms with van der Waals surface area (Å²) in [6.07, 6.45) is 4.60. The van der Waals surface area contributed by atoms with Crippen molar-refractivity contribution < 1.29 is 18.7 Å². The van der Waals surface area contributed by atoms with Gasteiger partial charge in [-0.3, -0.25) is 14.6 Å². The molecule has 0 bridgehead atoms. The Bertz CT molecular complexity index is 838. The Kier molecular flexibility index (Phi) is 5.79. The molecule has 0 aromatic carbocycles. The first-order valence-electron chi connectivity index (χ1n) is 9.64. The maximum atomic E-state index is 12.6. The molecular weight excluding hydrogens is 378 g/mol. The number of ether oxygens (including phenoxy) is 1. The molecule has 8 heteroatoms. The van der Waals surface area contributed by atoms with Gasteiger partial charge in [-0.25, -0.2) is 4.79 Å². The number of methoxy groups -OCH3 is 1. The van der Waals surface area contributed by atoms with Crippen molar-refractivity contribution in [2.45, 2.75) is 25.8 Å². The highest BCUT2D eigenvalue weighted by molar-refractivity contribution is 7.17. The Balaban J connectivity index is 1.31. The van der Waals surface area contributed by atoms with E-state index in [1.54, 1.807) is 6.26 Å². The normalized spacial score (nSPS) is 17.5. The summed E-state index contributed by atoms with van der Waals surface area (Å²) in [5.41, 5.74) is 1.61. The average Bonchev–Trinajstić information content (AvgIpc) is 3.40. The number of nitrogens with zero attached hydrogens (tertiary/aromatic N) is 2. The molecule has 1 fully saturated rings. The fourth-order valence-electron chi connectivity index (χ4n) is 3.91. The first-order valence-corrected chi connectivity index (χ1v) is 10.5. The number of fused-ring (bicyclic) bond motifs is 1. The molecule has 0 atom stereocenters. The van der Waals surface area contributed by atoms with Crippen LogP contribution in [0, 0.1) is 0 Å². The predicted molar refractivity (Wildman–Crippen MR) is 107 cm³/mol. The molecule has 3 heterocycles. The van der Waals surface area contributed by atoms with Crippen LogP contribution < -0.4 is 5.32 Å². The monoisotopic (exact) mass is 403 g/mol. The van der Waals surface area contributed by atoms with Crippen molar-refractivity contribution in [3.63, 3.8) is 0 Å². The maximum Gasteiger partial charge on any atom is 0.341 e. The number of carbonyl (C=O) groups excluding carboxylic acids is 2. The lowest BCUT2D eigenvalue weighted by Gasteiger charge is -2.33. The highest BCUT2D eigenvalue weighted by Crippen LogP contribution is 2.39. The van der Waals surface area contributed by atoms with Gasteiger partial charge in [-0.15, -0.1) is 11.3 Å². The van der Waals surface area contributed by atoms with Crippen molar-refractivity contribution in [2.75, 3.05) is 45.2 Å². The van der Waals surface area contributed by atoms with Crippen molar-refractivity contribution in [3.8, 4) is 0 Å². The number of carbonyl (C=O) groups is 2. The van der Waals surface area contributed by atoms with E-state index in [4.69, 9.17) is 9.15 Å². The molecule has 1 amide bonds. The van der Waals surface area contributed by atoms with E-state index in [0.29, 0.717) is 17.1 Å². The Morgan fingerprint density at radius 1 is 1.21 bits per heavy atom. The fourth-order valence-corrected chi connectivity index (χ4v) is 5.20. The van der Waals surface area contributed by atoms with Crippen molar-refractivity contribution in [2.24, 2.45) is 0 Å². The topological polar surface area (TPSA) is 75.0 Å². The molecule has 2 aromatic heterocycles. The first-order chi connectivity index (χ1) is 13.6. The van der Waals surface area contributed by atoms with Gasteiger partial charge in [-0.1, -0.05) is 0 Å². The molecule has 7 nitrogen and oxygen atoms in total. The molecular formula is C20H25N3O4S. The number of esters is 1. The van der Waals surface area contributed by atoms with E-state index < -0.39 is 0 Å². The molecule has 2 aliphatic rings. The second kappa shape index (κ2) is 8.46. The van der Waals surface area contributed by atoms with Gasteiger partial charge in [-0.05, 0) is 37.0 Å². The highest BCUT2D eigenvalue weighted by Gasteiger charge is 2.28. The number of piperazine rings is 1. The molecule has 2 aromatic rings. The van der Waals surface area contributed by atoms with Gasteiger partial charge in [0.15, 0.2) is 0 Å². The molecule has 0 radical (unpaired) electrons. The van der Waals surface area contributed by atoms with Gasteiger partial charge in [0.25, 0.3) is 0 Å². The van der Waals surface area contributed by atoms with Gasteiger partial charge in [-0.2, -0.15) is 0 Å². The lowest BCUT2D eigenvalue weighted by molar-refractivity contribution is -0.117. The van der Waals surface area contributed by atoms with Crippen LogP contribution in [0.5, 0.6) is 0 Å². The van der Waals surface area contributed by atoms with Gasteiger partial charge in [0, 0.05) is 31.1 Å². The SMILES string of the molecule is COC(=O)c1c(NC(=O)CN2CCN(Cc3ccco3)CC2)sc2c1CCC2. The number of hydrogen-bond acceptors (Lipinski definition) is 7. The Labute approximate surface area is 168 Å². The Morgan fingerprint density at radius 3 is 2.71 bits per heavy atom. The summed E-state index contributed by atoms with van der Waals surface area (Å²) >= 11 is 1.52. The summed E-state index contributed by atoms with van der Waals surface area (Å²) in [5, 5.41) is 3.60. The minimum atomic E-state index is -0.360. The quantitative estimate of drug-likeness (QED) is 0.747. The molecule has 1 saturated heterocycles. The summed E-state index contributed by atoms with van der Waals surface area (Å²) in [4.78, 5) is 30.5. The second-order valence-electron chi connectivity index (χ2n) is 7.23. The van der Waals surface area contributed by atoms with E-state index in [2.05, 4.69) is 15.1 Å². The number of thiophene rings is 1. The third-order valence-electron chi connectivity index (χ3n) is 5.36. The second-order valence-corrected chi connectivity index (χ2v) is 8.34. The van der Waals surface area contributed by atoms with E-state index in [0.717, 1.165) is 63.3 Å². The predicted octanol–water partition coefficient (Wildman–Crippen LogP) is 2.37. The van der Waals surface area contributed by atoms with Crippen LogP contribution in [0.2, 0.25) is 0 Å². The van der Waals surface area contributed by atoms with Crippen molar-refractivity contribution in [1.29, 1.82) is 0 Å². The van der Waals surface area contributed by atoms with Crippen LogP contribution in [0.1, 0.15) is 33.0 Å². The van der Waals surface area contributed by atoms with Crippen LogP contribution in [0.4, 0.5) is 5.00 Å². The summed E-state index contributed by atoms with van der Waals surface area (Å²) in [6.45, 7) is 4.59. The lowest BCUT2D eigenvalue weighted by atomic mass is 10.1. The van der Waals surface area contributed by atoms with Gasteiger partial charge >= 0.3 is 5.97 Å². The van der Waals surface area contributed by atoms with Gasteiger partial charge in [0.1, 0.15) is 10.8 Å². The van der Waals surface area contributed by atoms with Crippen LogP contribution in [-0.4, -0.2) is 61.5 Å². The van der Waals surface area contributed by atoms with E-state index in [-0.39, 0.29) is 11.9 Å². The summed E-state index contributed by atoms with van der Waals surface area (Å²) in [5.74, 6) is 0.526. The maximum absolute atomic E-state index is 12.6. The molecule has 1 aliphatic carbocycles. The van der Waals surface area contributed by atoms with Crippen LogP contribution in [-0.2, 0) is 28.9 Å². The zero-order valence-electron chi connectivity index (χ0n) is 16.0. The molecule has 28 heavy (non-hydrogen) atoms. The zero-order chi connectivity index (χ0) is 19.5. The molecule has 0 unspecified atom stereocenters. The number of anilines is 1. The molecule has 150 valence electrons. The van der Waals surface area contributed by atoms with Crippen molar-refractivity contribution in [1.82, 2.24) is 9.80 Å². The first kappa shape index (κ1) is 19.2. The van der Waals surface area contributed by atoms with Gasteiger partial charge in [0.05, 0.1) is 32.0 Å². The van der Waals surface area contributed by atoms with E-state index in [1.165, 1.54) is 23.3 Å². The van der Waals surface area contributed by atoms with Gasteiger partial charge in [0.2, 0.25) is 5.91 Å². The smallest absolute Gasteiger partial charge is 0.341 e. The van der Waals surface area contributed by atoms with Crippen LogP contribution in [0.25, 0.3) is 0 Å². The van der Waals surface area contributed by atoms with Crippen LogP contribution in [0.3, 0.4) is 0 Å². The van der Waals surface area contributed by atoms with Crippen molar-refractivity contribution in [3.05, 3.63) is 40.2 Å². The molecule has 1 aliphatic heterocycles. The summed E-state index contributed by atoms with van der Waals surface area (Å²) in [6, 6.07) is 3.88. The van der Waals surface area contributed by atoms with E-state index in [1.807, 2.05) is 12.1 Å². The number of rotatable bonds is 6. The standard InChI is InChI=1S/C20H25N3O4S/c1-26-20(25)18-15-5-2-6-16(15)28-19(18)21-17(24)13-23-9-7-22(8-10-23)12-14-4-3-11-27-14/h3-4,11H,2,5-10,12-13H2,1H3,(H,21,24). The molecule has 0 saturated carbocycles. The molecule has 1 N–H and O–H groups in total. The van der Waals surface area contributed by atoms with Crippen LogP contribution in [0.15, 0.2) is 22.8 Å². The third-order valence-corrected chi connectivity index (χ3v) is 6.56. The Morgan fingerprint density at radius 2 is 2.00 bits per heavy atom. The number of amides is 1. The van der Waals surface area contributed by atoms with E-state index in [9.17, 15) is 9.59 Å². The lowest BCUT2D eigenvalue weighted by Crippen LogP contribution is -2.48. The average molecular weight is 404 g/mol. The van der Waals surface area contributed by atoms with Gasteiger partial charge < -0.3 is 14.5 Å². The molecule has 0 spiro atoms. The summed E-state index contributed by atoms with van der Waals surface area (Å²) < 4.78 is 10.3. The minimum absolute atomic E-state index is 0.0791. The Hall–Kier alpha value is -2.16. The number of aryl methyl sites for hydroxylation is 1. The third kappa shape index (κ3) is 4.14. The largest absolute Gasteiger partial charge is 0.468 e.